The Hall–Kier alpha value is -3.82. The number of hydrogen-bond donors (Lipinski definition) is 1. The fourth-order valence-electron chi connectivity index (χ4n) is 3.08. The van der Waals surface area contributed by atoms with Crippen molar-refractivity contribution in [2.24, 2.45) is 0 Å². The van der Waals surface area contributed by atoms with E-state index in [1.807, 2.05) is 80.6 Å². The molecular weight excluding hydrogens is 418 g/mol. The highest BCUT2D eigenvalue weighted by atomic mass is 32.2. The molecule has 2 aromatic carbocycles. The van der Waals surface area contributed by atoms with Gasteiger partial charge in [0.05, 0.1) is 11.3 Å². The van der Waals surface area contributed by atoms with Gasteiger partial charge in [0.2, 0.25) is 0 Å². The molecule has 6 heteroatoms. The highest BCUT2D eigenvalue weighted by molar-refractivity contribution is 7.98. The number of amides is 1. The lowest BCUT2D eigenvalue weighted by molar-refractivity contribution is 0.102. The van der Waals surface area contributed by atoms with Gasteiger partial charge in [0.1, 0.15) is 11.5 Å². The standard InChI is InChI=1S/C26H21N3O2S/c1-18-24(19(2)31-29-18)17-32-25-12-4-3-11-23(25)26(30)28-22-10-7-8-20(16-22)13-14-21-9-5-6-15-27-21/h3-12,15-16H,17H2,1-2H3,(H,28,30). The van der Waals surface area contributed by atoms with Gasteiger partial charge in [-0.25, -0.2) is 4.98 Å². The van der Waals surface area contributed by atoms with Crippen LogP contribution >= 0.6 is 11.8 Å². The average Bonchev–Trinajstić information content (AvgIpc) is 3.14. The summed E-state index contributed by atoms with van der Waals surface area (Å²) in [5, 5.41) is 6.99. The molecule has 4 rings (SSSR count). The van der Waals surface area contributed by atoms with Crippen LogP contribution < -0.4 is 5.32 Å². The third-order valence-electron chi connectivity index (χ3n) is 4.81. The van der Waals surface area contributed by atoms with Crippen molar-refractivity contribution in [2.45, 2.75) is 24.5 Å². The summed E-state index contributed by atoms with van der Waals surface area (Å²) in [6, 6.07) is 20.7. The number of nitrogens with zero attached hydrogens (tertiary/aromatic N) is 2. The lowest BCUT2D eigenvalue weighted by Crippen LogP contribution is -2.13. The zero-order valence-electron chi connectivity index (χ0n) is 17.8. The summed E-state index contributed by atoms with van der Waals surface area (Å²) < 4.78 is 5.24. The Morgan fingerprint density at radius 3 is 2.66 bits per heavy atom. The molecule has 0 atom stereocenters. The average molecular weight is 440 g/mol. The van der Waals surface area contributed by atoms with Gasteiger partial charge in [-0.1, -0.05) is 35.3 Å². The predicted octanol–water partition coefficient (Wildman–Crippen LogP) is 5.63. The van der Waals surface area contributed by atoms with Gasteiger partial charge < -0.3 is 9.84 Å². The lowest BCUT2D eigenvalue weighted by atomic mass is 10.1. The minimum absolute atomic E-state index is 0.165. The van der Waals surface area contributed by atoms with Crippen LogP contribution in [0.1, 0.15) is 38.6 Å². The van der Waals surface area contributed by atoms with Crippen molar-refractivity contribution in [3.63, 3.8) is 0 Å². The van der Waals surface area contributed by atoms with E-state index in [0.29, 0.717) is 22.7 Å². The molecule has 32 heavy (non-hydrogen) atoms. The molecule has 0 radical (unpaired) electrons. The van der Waals surface area contributed by atoms with Gasteiger partial charge in [0.15, 0.2) is 0 Å². The number of benzene rings is 2. The second kappa shape index (κ2) is 9.99. The Kier molecular flexibility index (Phi) is 6.69. The van der Waals surface area contributed by atoms with E-state index in [1.54, 1.807) is 18.0 Å². The van der Waals surface area contributed by atoms with E-state index in [2.05, 4.69) is 27.3 Å². The number of anilines is 1. The molecule has 0 aliphatic carbocycles. The first-order valence-electron chi connectivity index (χ1n) is 10.1. The van der Waals surface area contributed by atoms with E-state index < -0.39 is 0 Å². The molecule has 0 aliphatic rings. The van der Waals surface area contributed by atoms with Crippen molar-refractivity contribution < 1.29 is 9.32 Å². The molecule has 2 heterocycles. The van der Waals surface area contributed by atoms with E-state index >= 15 is 0 Å². The molecule has 1 amide bonds. The number of carbonyl (C=O) groups excluding carboxylic acids is 1. The summed E-state index contributed by atoms with van der Waals surface area (Å²) >= 11 is 1.59. The summed E-state index contributed by atoms with van der Waals surface area (Å²) in [6.45, 7) is 3.83. The smallest absolute Gasteiger partial charge is 0.256 e. The second-order valence-electron chi connectivity index (χ2n) is 7.09. The van der Waals surface area contributed by atoms with Crippen molar-refractivity contribution in [1.29, 1.82) is 0 Å². The Morgan fingerprint density at radius 1 is 1.03 bits per heavy atom. The van der Waals surface area contributed by atoms with Crippen molar-refractivity contribution in [2.75, 3.05) is 5.32 Å². The third kappa shape index (κ3) is 5.26. The maximum atomic E-state index is 13.0. The minimum Gasteiger partial charge on any atom is -0.361 e. The van der Waals surface area contributed by atoms with Crippen LogP contribution in [0.4, 0.5) is 5.69 Å². The van der Waals surface area contributed by atoms with Gasteiger partial charge in [-0.2, -0.15) is 0 Å². The SMILES string of the molecule is Cc1noc(C)c1CSc1ccccc1C(=O)Nc1cccc(C#Cc2ccccn2)c1. The van der Waals surface area contributed by atoms with Crippen molar-refractivity contribution in [3.05, 3.63) is 107 Å². The van der Waals surface area contributed by atoms with Gasteiger partial charge in [-0.3, -0.25) is 4.79 Å². The predicted molar refractivity (Wildman–Crippen MR) is 127 cm³/mol. The molecule has 5 nitrogen and oxygen atoms in total. The number of nitrogens with one attached hydrogen (secondary N) is 1. The highest BCUT2D eigenvalue weighted by Gasteiger charge is 2.14. The Labute approximate surface area is 191 Å². The summed E-state index contributed by atoms with van der Waals surface area (Å²) in [7, 11) is 0. The fourth-order valence-corrected chi connectivity index (χ4v) is 4.29. The van der Waals surface area contributed by atoms with E-state index in [1.165, 1.54) is 0 Å². The van der Waals surface area contributed by atoms with Gasteiger partial charge in [0, 0.05) is 33.7 Å². The molecule has 0 fully saturated rings. The molecular formula is C26H21N3O2S. The quantitative estimate of drug-likeness (QED) is 0.322. The number of hydrogen-bond acceptors (Lipinski definition) is 5. The van der Waals surface area contributed by atoms with E-state index in [0.717, 1.165) is 27.5 Å². The number of aryl methyl sites for hydroxylation is 2. The Morgan fingerprint density at radius 2 is 1.88 bits per heavy atom. The van der Waals surface area contributed by atoms with Crippen LogP contribution in [0, 0.1) is 25.7 Å². The third-order valence-corrected chi connectivity index (χ3v) is 5.91. The van der Waals surface area contributed by atoms with Crippen LogP contribution in [0.3, 0.4) is 0 Å². The molecule has 0 aliphatic heterocycles. The minimum atomic E-state index is -0.165. The van der Waals surface area contributed by atoms with E-state index in [4.69, 9.17) is 4.52 Å². The monoisotopic (exact) mass is 439 g/mol. The summed E-state index contributed by atoms with van der Waals surface area (Å²) in [5.74, 6) is 7.45. The number of aromatic nitrogens is 2. The Balaban J connectivity index is 1.48. The first-order valence-corrected chi connectivity index (χ1v) is 11.1. The number of pyridine rings is 1. The molecule has 0 unspecified atom stereocenters. The fraction of sp³-hybridized carbons (Fsp3) is 0.115. The molecule has 0 saturated carbocycles. The number of thioether (sulfide) groups is 1. The molecule has 2 aromatic heterocycles. The number of carbonyl (C=O) groups is 1. The first-order chi connectivity index (χ1) is 15.6. The zero-order chi connectivity index (χ0) is 22.3. The molecule has 0 bridgehead atoms. The molecule has 158 valence electrons. The van der Waals surface area contributed by atoms with Crippen molar-refractivity contribution in [3.8, 4) is 11.8 Å². The van der Waals surface area contributed by atoms with Crippen LogP contribution in [0.2, 0.25) is 0 Å². The molecule has 0 spiro atoms. The van der Waals surface area contributed by atoms with Crippen LogP contribution in [0.5, 0.6) is 0 Å². The van der Waals surface area contributed by atoms with Crippen LogP contribution in [0.25, 0.3) is 0 Å². The van der Waals surface area contributed by atoms with Crippen LogP contribution in [-0.4, -0.2) is 16.0 Å². The van der Waals surface area contributed by atoms with E-state index in [9.17, 15) is 4.79 Å². The second-order valence-corrected chi connectivity index (χ2v) is 8.10. The maximum Gasteiger partial charge on any atom is 0.256 e. The molecule has 4 aromatic rings. The van der Waals surface area contributed by atoms with Crippen LogP contribution in [-0.2, 0) is 5.75 Å². The van der Waals surface area contributed by atoms with Gasteiger partial charge >= 0.3 is 0 Å². The van der Waals surface area contributed by atoms with Gasteiger partial charge in [-0.15, -0.1) is 11.8 Å². The molecule has 1 N–H and O–H groups in total. The molecule has 0 saturated heterocycles. The largest absolute Gasteiger partial charge is 0.361 e. The zero-order valence-corrected chi connectivity index (χ0v) is 18.6. The summed E-state index contributed by atoms with van der Waals surface area (Å²) in [4.78, 5) is 18.1. The first kappa shape index (κ1) is 21.4. The van der Waals surface area contributed by atoms with Gasteiger partial charge in [0.25, 0.3) is 5.91 Å². The summed E-state index contributed by atoms with van der Waals surface area (Å²) in [5.41, 5.74) is 4.74. The van der Waals surface area contributed by atoms with E-state index in [-0.39, 0.29) is 5.91 Å². The van der Waals surface area contributed by atoms with Crippen molar-refractivity contribution in [1.82, 2.24) is 10.1 Å². The van der Waals surface area contributed by atoms with Gasteiger partial charge in [-0.05, 0) is 62.2 Å². The Bertz CT molecular complexity index is 1280. The lowest BCUT2D eigenvalue weighted by Gasteiger charge is -2.10. The summed E-state index contributed by atoms with van der Waals surface area (Å²) in [6.07, 6.45) is 1.71. The van der Waals surface area contributed by atoms with Crippen LogP contribution in [0.15, 0.2) is 82.3 Å². The normalized spacial score (nSPS) is 10.3. The number of rotatable bonds is 5. The maximum absolute atomic E-state index is 13.0. The topological polar surface area (TPSA) is 68.0 Å². The highest BCUT2D eigenvalue weighted by Crippen LogP contribution is 2.29. The van der Waals surface area contributed by atoms with Crippen molar-refractivity contribution >= 4 is 23.4 Å².